The zero-order valence-corrected chi connectivity index (χ0v) is 11.9. The SMILES string of the molecule is CC(C)(C)OC(=O)N[C@@H]1CCCC[C@@H]1S(N)(=O)=O. The number of primary sulfonamides is 1. The highest BCUT2D eigenvalue weighted by Crippen LogP contribution is 2.23. The van der Waals surface area contributed by atoms with Crippen LogP contribution in [0, 0.1) is 0 Å². The van der Waals surface area contributed by atoms with Crippen molar-refractivity contribution in [1.82, 2.24) is 5.32 Å². The van der Waals surface area contributed by atoms with Gasteiger partial charge in [0.15, 0.2) is 0 Å². The van der Waals surface area contributed by atoms with Gasteiger partial charge in [-0.1, -0.05) is 12.8 Å². The highest BCUT2D eigenvalue weighted by molar-refractivity contribution is 7.89. The molecule has 0 bridgehead atoms. The molecule has 0 aromatic carbocycles. The molecule has 1 saturated carbocycles. The largest absolute Gasteiger partial charge is 0.444 e. The second-order valence-corrected chi connectivity index (χ2v) is 7.45. The summed E-state index contributed by atoms with van der Waals surface area (Å²) in [6, 6.07) is -0.455. The molecule has 0 aliphatic heterocycles. The fourth-order valence-electron chi connectivity index (χ4n) is 2.11. The monoisotopic (exact) mass is 278 g/mol. The van der Waals surface area contributed by atoms with E-state index in [4.69, 9.17) is 9.88 Å². The highest BCUT2D eigenvalue weighted by atomic mass is 32.2. The average molecular weight is 278 g/mol. The number of sulfonamides is 1. The lowest BCUT2D eigenvalue weighted by atomic mass is 9.95. The van der Waals surface area contributed by atoms with Crippen molar-refractivity contribution in [2.24, 2.45) is 5.14 Å². The van der Waals surface area contributed by atoms with Gasteiger partial charge in [-0.15, -0.1) is 0 Å². The number of hydrogen-bond acceptors (Lipinski definition) is 4. The lowest BCUT2D eigenvalue weighted by molar-refractivity contribution is 0.0494. The van der Waals surface area contributed by atoms with Crippen LogP contribution in [-0.2, 0) is 14.8 Å². The van der Waals surface area contributed by atoms with Gasteiger partial charge in [-0.25, -0.2) is 18.4 Å². The van der Waals surface area contributed by atoms with E-state index < -0.39 is 33.0 Å². The summed E-state index contributed by atoms with van der Waals surface area (Å²) in [6.45, 7) is 5.26. The topological polar surface area (TPSA) is 98.5 Å². The first-order valence-corrected chi connectivity index (χ1v) is 7.72. The second-order valence-electron chi connectivity index (χ2n) is 5.66. The van der Waals surface area contributed by atoms with Crippen molar-refractivity contribution in [1.29, 1.82) is 0 Å². The first-order chi connectivity index (χ1) is 8.09. The van der Waals surface area contributed by atoms with E-state index in [1.54, 1.807) is 20.8 Å². The van der Waals surface area contributed by atoms with E-state index in [0.29, 0.717) is 12.8 Å². The molecule has 0 aromatic rings. The first kappa shape index (κ1) is 15.2. The van der Waals surface area contributed by atoms with E-state index in [0.717, 1.165) is 12.8 Å². The molecule has 1 amide bonds. The minimum atomic E-state index is -3.63. The maximum Gasteiger partial charge on any atom is 0.407 e. The second kappa shape index (κ2) is 5.44. The van der Waals surface area contributed by atoms with Gasteiger partial charge < -0.3 is 10.1 Å². The average Bonchev–Trinajstić information content (AvgIpc) is 2.13. The normalized spacial score (nSPS) is 25.6. The third-order valence-corrected chi connectivity index (χ3v) is 4.23. The van der Waals surface area contributed by atoms with Crippen LogP contribution in [0.3, 0.4) is 0 Å². The number of rotatable bonds is 2. The molecule has 0 radical (unpaired) electrons. The molecule has 1 aliphatic carbocycles. The Hall–Kier alpha value is -0.820. The Labute approximate surface area is 108 Å². The van der Waals surface area contributed by atoms with Crippen LogP contribution in [0.5, 0.6) is 0 Å². The number of nitrogens with one attached hydrogen (secondary N) is 1. The maximum atomic E-state index is 11.6. The number of carbonyl (C=O) groups excluding carboxylic acids is 1. The molecule has 0 heterocycles. The summed E-state index contributed by atoms with van der Waals surface area (Å²) in [7, 11) is -3.63. The van der Waals surface area contributed by atoms with Crippen LogP contribution in [0.25, 0.3) is 0 Å². The lowest BCUT2D eigenvalue weighted by Crippen LogP contribution is -2.51. The Morgan fingerprint density at radius 3 is 2.33 bits per heavy atom. The molecule has 0 aromatic heterocycles. The number of carbonyl (C=O) groups is 1. The minimum Gasteiger partial charge on any atom is -0.444 e. The van der Waals surface area contributed by atoms with E-state index in [1.165, 1.54) is 0 Å². The van der Waals surface area contributed by atoms with E-state index in [1.807, 2.05) is 0 Å². The van der Waals surface area contributed by atoms with Crippen LogP contribution in [0.2, 0.25) is 0 Å². The van der Waals surface area contributed by atoms with Crippen molar-refractivity contribution in [3.63, 3.8) is 0 Å². The van der Waals surface area contributed by atoms with E-state index in [9.17, 15) is 13.2 Å². The summed E-state index contributed by atoms with van der Waals surface area (Å²) in [4.78, 5) is 11.6. The molecule has 6 nitrogen and oxygen atoms in total. The zero-order chi connectivity index (χ0) is 14.0. The fourth-order valence-corrected chi connectivity index (χ4v) is 3.27. The molecule has 7 heteroatoms. The predicted octanol–water partition coefficient (Wildman–Crippen LogP) is 1.11. The Kier molecular flexibility index (Phi) is 4.61. The van der Waals surface area contributed by atoms with Gasteiger partial charge in [0, 0.05) is 0 Å². The molecule has 0 saturated heterocycles. The number of ether oxygens (including phenoxy) is 1. The fraction of sp³-hybridized carbons (Fsp3) is 0.909. The number of hydrogen-bond donors (Lipinski definition) is 2. The molecule has 106 valence electrons. The predicted molar refractivity (Wildman–Crippen MR) is 68.5 cm³/mol. The lowest BCUT2D eigenvalue weighted by Gasteiger charge is -2.31. The van der Waals surface area contributed by atoms with Crippen molar-refractivity contribution in [2.75, 3.05) is 0 Å². The summed E-state index contributed by atoms with van der Waals surface area (Å²) >= 11 is 0. The minimum absolute atomic E-state index is 0.455. The van der Waals surface area contributed by atoms with Crippen molar-refractivity contribution >= 4 is 16.1 Å². The Bertz CT molecular complexity index is 400. The number of alkyl carbamates (subject to hydrolysis) is 1. The van der Waals surface area contributed by atoms with Crippen LogP contribution in [0.4, 0.5) is 4.79 Å². The van der Waals surface area contributed by atoms with Gasteiger partial charge in [0.2, 0.25) is 10.0 Å². The van der Waals surface area contributed by atoms with Crippen molar-refractivity contribution < 1.29 is 17.9 Å². The summed E-state index contributed by atoms with van der Waals surface area (Å²) in [5.74, 6) is 0. The third kappa shape index (κ3) is 4.81. The molecule has 1 rings (SSSR count). The molecule has 3 N–H and O–H groups in total. The standard InChI is InChI=1S/C11H22N2O4S/c1-11(2,3)17-10(14)13-8-6-4-5-7-9(8)18(12,15)16/h8-9H,4-7H2,1-3H3,(H,13,14)(H2,12,15,16)/t8-,9+/m1/s1. The molecule has 1 aliphatic rings. The van der Waals surface area contributed by atoms with Gasteiger partial charge in [0.25, 0.3) is 0 Å². The molecule has 0 spiro atoms. The van der Waals surface area contributed by atoms with Crippen LogP contribution in [-0.4, -0.2) is 31.4 Å². The van der Waals surface area contributed by atoms with Crippen LogP contribution >= 0.6 is 0 Å². The first-order valence-electron chi connectivity index (χ1n) is 6.11. The van der Waals surface area contributed by atoms with Gasteiger partial charge in [0.1, 0.15) is 5.60 Å². The highest BCUT2D eigenvalue weighted by Gasteiger charge is 2.35. The molecular weight excluding hydrogens is 256 g/mol. The summed E-state index contributed by atoms with van der Waals surface area (Å²) in [5, 5.41) is 7.09. The van der Waals surface area contributed by atoms with Crippen LogP contribution in [0.15, 0.2) is 0 Å². The van der Waals surface area contributed by atoms with Crippen LogP contribution < -0.4 is 10.5 Å². The van der Waals surface area contributed by atoms with Crippen molar-refractivity contribution in [3.8, 4) is 0 Å². The van der Waals surface area contributed by atoms with Gasteiger partial charge in [-0.05, 0) is 33.6 Å². The van der Waals surface area contributed by atoms with Crippen molar-refractivity contribution in [3.05, 3.63) is 0 Å². The molecule has 1 fully saturated rings. The Balaban J connectivity index is 2.66. The van der Waals surface area contributed by atoms with E-state index >= 15 is 0 Å². The quantitative estimate of drug-likeness (QED) is 0.790. The third-order valence-electron chi connectivity index (χ3n) is 2.83. The Morgan fingerprint density at radius 2 is 1.83 bits per heavy atom. The van der Waals surface area contributed by atoms with Gasteiger partial charge >= 0.3 is 6.09 Å². The summed E-state index contributed by atoms with van der Waals surface area (Å²) < 4.78 is 28.0. The molecular formula is C11H22N2O4S. The zero-order valence-electron chi connectivity index (χ0n) is 11.1. The maximum absolute atomic E-state index is 11.6. The number of nitrogens with two attached hydrogens (primary N) is 1. The molecule has 18 heavy (non-hydrogen) atoms. The van der Waals surface area contributed by atoms with E-state index in [-0.39, 0.29) is 0 Å². The van der Waals surface area contributed by atoms with Gasteiger partial charge in [-0.2, -0.15) is 0 Å². The smallest absolute Gasteiger partial charge is 0.407 e. The van der Waals surface area contributed by atoms with Gasteiger partial charge in [-0.3, -0.25) is 0 Å². The van der Waals surface area contributed by atoms with Gasteiger partial charge in [0.05, 0.1) is 11.3 Å². The van der Waals surface area contributed by atoms with Crippen molar-refractivity contribution in [2.45, 2.75) is 63.3 Å². The number of amides is 1. The Morgan fingerprint density at radius 1 is 1.28 bits per heavy atom. The van der Waals surface area contributed by atoms with Crippen LogP contribution in [0.1, 0.15) is 46.5 Å². The summed E-state index contributed by atoms with van der Waals surface area (Å²) in [6.07, 6.45) is 2.20. The molecule has 2 atom stereocenters. The summed E-state index contributed by atoms with van der Waals surface area (Å²) in [5.41, 5.74) is -0.601. The van der Waals surface area contributed by atoms with E-state index in [2.05, 4.69) is 5.32 Å². The molecule has 0 unspecified atom stereocenters.